The molecule has 89 heavy (non-hydrogen) atoms. The summed E-state index contributed by atoms with van der Waals surface area (Å²) in [5, 5.41) is 42.3. The molecule has 6 nitrogen and oxygen atoms in total. The quantitative estimate of drug-likeness (QED) is 0.0826. The van der Waals surface area contributed by atoms with E-state index in [0.717, 1.165) is 60.8 Å². The number of hydrogen-bond acceptors (Lipinski definition) is 5. The van der Waals surface area contributed by atoms with E-state index in [1.54, 1.807) is 12.1 Å². The average molecular weight is 1230 g/mol. The zero-order valence-corrected chi connectivity index (χ0v) is 57.0. The van der Waals surface area contributed by atoms with Gasteiger partial charge in [0, 0.05) is 0 Å². The minimum atomic E-state index is -1.44. The Bertz CT molecular complexity index is 3890. The number of phenols is 1. The fourth-order valence-electron chi connectivity index (χ4n) is 13.1. The number of carboxylic acids is 2. The van der Waals surface area contributed by atoms with Crippen molar-refractivity contribution in [3.05, 3.63) is 337 Å². The van der Waals surface area contributed by atoms with Crippen molar-refractivity contribution in [2.24, 2.45) is 0 Å². The summed E-state index contributed by atoms with van der Waals surface area (Å²) in [5.74, 6) is -3.27. The van der Waals surface area contributed by atoms with Crippen molar-refractivity contribution < 1.29 is 49.5 Å². The van der Waals surface area contributed by atoms with Crippen molar-refractivity contribution in [3.8, 4) is 11.5 Å². The number of carbonyl (C=O) groups excluding carboxylic acids is 1. The van der Waals surface area contributed by atoms with Crippen LogP contribution in [-0.2, 0) is 70.8 Å². The summed E-state index contributed by atoms with van der Waals surface area (Å²) in [6.45, 7) is 26.6. The molecule has 0 aliphatic carbocycles. The van der Waals surface area contributed by atoms with E-state index in [9.17, 15) is 24.9 Å². The molecule has 0 saturated heterocycles. The molecule has 10 rings (SSSR count). The first-order valence-electron chi connectivity index (χ1n) is 30.6. The van der Waals surface area contributed by atoms with Gasteiger partial charge in [-0.15, -0.1) is 0 Å². The van der Waals surface area contributed by atoms with Crippen LogP contribution in [0.25, 0.3) is 0 Å². The number of hydrogen-bond donors (Lipinski definition) is 2. The second-order valence-electron chi connectivity index (χ2n) is 24.9. The molecule has 7 heteroatoms. The summed E-state index contributed by atoms with van der Waals surface area (Å²) < 4.78 is 0. The first kappa shape index (κ1) is 66.3. The monoisotopic (exact) mass is 1230 g/mol. The summed E-state index contributed by atoms with van der Waals surface area (Å²) in [4.78, 5) is 22.2. The predicted octanol–water partition coefficient (Wildman–Crippen LogP) is 16.6. The third-order valence-corrected chi connectivity index (χ3v) is 18.0. The van der Waals surface area contributed by atoms with Crippen molar-refractivity contribution in [1.82, 2.24) is 0 Å². The number of aromatic hydroxyl groups is 1. The summed E-state index contributed by atoms with van der Waals surface area (Å²) in [6.07, 6.45) is 6.66. The van der Waals surface area contributed by atoms with E-state index in [0.29, 0.717) is 12.8 Å². The summed E-state index contributed by atoms with van der Waals surface area (Å²) in [5.41, 5.74) is 35.9. The fraction of sp³-hybridized carbons (Fsp3) is 0.244. The smallest absolute Gasteiger partial charge is 0.872 e. The van der Waals surface area contributed by atoms with Gasteiger partial charge in [-0.1, -0.05) is 175 Å². The maximum Gasteiger partial charge on any atom is 2.00 e. The Morgan fingerprint density at radius 2 is 0.551 bits per heavy atom. The Labute approximate surface area is 540 Å². The van der Waals surface area contributed by atoms with Crippen LogP contribution in [0.15, 0.2) is 170 Å². The number of benzene rings is 10. The Morgan fingerprint density at radius 3 is 0.809 bits per heavy atom. The zero-order chi connectivity index (χ0) is 63.1. The first-order valence-corrected chi connectivity index (χ1v) is 30.6. The Balaban J connectivity index is 0.000000228. The van der Waals surface area contributed by atoms with Crippen LogP contribution >= 0.6 is 0 Å². The van der Waals surface area contributed by atoms with Gasteiger partial charge in [0.1, 0.15) is 11.3 Å². The summed E-state index contributed by atoms with van der Waals surface area (Å²) >= 11 is 0. The standard InChI is InChI=1S/2C41H42O3.Zn/c2*1-25-17-26(2)37(27(3)18-25)21-32-11-13-34(14-12-32)23-39-29(5)19-28(4)38(30(39)6)22-33-9-7-31(8-10-33)20-35-15-16-36(41(43)44)40(42)24-35;/h2*7-19,24,42H,20-23H2,1-6H3,(H,43,44);/q;;+2/p-2. The van der Waals surface area contributed by atoms with Gasteiger partial charge in [0.2, 0.25) is 0 Å². The SMILES string of the molecule is Cc1cc(C)c(Cc2ccc(Cc3c(C)cc(C)c(Cc4ccc(Cc5ccc(C(=O)O)c(O)c5)cc4)c3C)cc2)c(C)c1.Cc1cc(C)c(Cc2ccc(Cc3c(C)cc(C)c(Cc4ccc(Cc5ccc(C(=O)[O-])c([O-])c5)cc4)c3C)cc2)c(C)c1.[Zn+2]. The molecule has 448 valence electrons. The minimum absolute atomic E-state index is 0. The van der Waals surface area contributed by atoms with Gasteiger partial charge in [-0.2, -0.15) is 0 Å². The number of rotatable bonds is 18. The second kappa shape index (κ2) is 29.1. The number of aryl methyl sites for hydroxylation is 10. The summed E-state index contributed by atoms with van der Waals surface area (Å²) in [6, 6.07) is 58.3. The van der Waals surface area contributed by atoms with Crippen LogP contribution in [0.1, 0.15) is 176 Å². The Hall–Kier alpha value is -8.64. The molecule has 0 aromatic heterocycles. The molecule has 0 bridgehead atoms. The van der Waals surface area contributed by atoms with E-state index in [1.807, 2.05) is 0 Å². The first-order chi connectivity index (χ1) is 42.0. The maximum absolute atomic E-state index is 12.1. The van der Waals surface area contributed by atoms with Gasteiger partial charge >= 0.3 is 25.4 Å². The predicted molar refractivity (Wildman–Crippen MR) is 356 cm³/mol. The van der Waals surface area contributed by atoms with Crippen LogP contribution < -0.4 is 10.2 Å². The van der Waals surface area contributed by atoms with Gasteiger partial charge in [-0.3, -0.25) is 0 Å². The van der Waals surface area contributed by atoms with Crippen molar-refractivity contribution in [1.29, 1.82) is 0 Å². The van der Waals surface area contributed by atoms with Gasteiger partial charge in [-0.25, -0.2) is 4.79 Å². The molecule has 0 atom stereocenters. The molecule has 0 aliphatic heterocycles. The van der Waals surface area contributed by atoms with Gasteiger partial charge in [0.15, 0.2) is 0 Å². The van der Waals surface area contributed by atoms with E-state index in [2.05, 4.69) is 217 Å². The van der Waals surface area contributed by atoms with Gasteiger partial charge in [0.05, 0.1) is 5.97 Å². The summed E-state index contributed by atoms with van der Waals surface area (Å²) in [7, 11) is 0. The van der Waals surface area contributed by atoms with E-state index in [4.69, 9.17) is 5.11 Å². The molecular formula is C82H82O6Zn. The van der Waals surface area contributed by atoms with Gasteiger partial charge in [0.25, 0.3) is 0 Å². The van der Waals surface area contributed by atoms with Crippen LogP contribution in [0, 0.1) is 83.1 Å². The van der Waals surface area contributed by atoms with Gasteiger partial charge < -0.3 is 25.2 Å². The number of aromatic carboxylic acids is 2. The number of carboxylic acid groups (broad SMARTS) is 2. The molecule has 0 spiro atoms. The van der Waals surface area contributed by atoms with Crippen molar-refractivity contribution >= 4 is 11.9 Å². The normalized spacial score (nSPS) is 11.0. The Kier molecular flexibility index (Phi) is 21.7. The molecule has 10 aromatic rings. The maximum atomic E-state index is 12.1. The van der Waals surface area contributed by atoms with Crippen molar-refractivity contribution in [2.45, 2.75) is 134 Å². The van der Waals surface area contributed by atoms with Crippen LogP contribution in [-0.4, -0.2) is 22.2 Å². The third-order valence-electron chi connectivity index (χ3n) is 18.0. The largest absolute Gasteiger partial charge is 2.00 e. The minimum Gasteiger partial charge on any atom is -0.872 e. The second-order valence-corrected chi connectivity index (χ2v) is 24.9. The topological polar surface area (TPSA) is 121 Å². The third kappa shape index (κ3) is 16.6. The van der Waals surface area contributed by atoms with Crippen molar-refractivity contribution in [3.63, 3.8) is 0 Å². The average Bonchev–Trinajstić information content (AvgIpc) is 1.95. The molecule has 0 aliphatic rings. The van der Waals surface area contributed by atoms with Gasteiger partial charge in [-0.05, 0) is 297 Å². The van der Waals surface area contributed by atoms with Crippen molar-refractivity contribution in [2.75, 3.05) is 0 Å². The molecule has 0 fully saturated rings. The van der Waals surface area contributed by atoms with E-state index in [-0.39, 0.29) is 36.4 Å². The zero-order valence-electron chi connectivity index (χ0n) is 54.1. The van der Waals surface area contributed by atoms with Crippen LogP contribution in [0.4, 0.5) is 0 Å². The number of carbonyl (C=O) groups is 2. The Morgan fingerprint density at radius 1 is 0.315 bits per heavy atom. The molecule has 0 saturated carbocycles. The van der Waals surface area contributed by atoms with E-state index >= 15 is 0 Å². The molecular weight excluding hydrogens is 1150 g/mol. The fourth-order valence-corrected chi connectivity index (χ4v) is 13.1. The van der Waals surface area contributed by atoms with E-state index in [1.165, 1.54) is 158 Å². The molecule has 0 heterocycles. The van der Waals surface area contributed by atoms with Crippen LogP contribution in [0.3, 0.4) is 0 Å². The molecule has 2 N–H and O–H groups in total. The molecule has 10 aromatic carbocycles. The molecule has 0 unspecified atom stereocenters. The van der Waals surface area contributed by atoms with Crippen LogP contribution in [0.2, 0.25) is 0 Å². The molecule has 0 radical (unpaired) electrons. The van der Waals surface area contributed by atoms with E-state index < -0.39 is 17.7 Å². The molecule has 0 amide bonds. The van der Waals surface area contributed by atoms with Crippen LogP contribution in [0.5, 0.6) is 11.5 Å².